The van der Waals surface area contributed by atoms with E-state index in [1.54, 1.807) is 13.8 Å². The van der Waals surface area contributed by atoms with Crippen LogP contribution in [-0.4, -0.2) is 23.7 Å². The maximum atomic E-state index is 11.7. The number of rotatable bonds is 7. The van der Waals surface area contributed by atoms with Crippen molar-refractivity contribution in [2.24, 2.45) is 11.8 Å². The van der Waals surface area contributed by atoms with Crippen molar-refractivity contribution in [3.8, 4) is 0 Å². The minimum absolute atomic E-state index is 0.0617. The van der Waals surface area contributed by atoms with Crippen LogP contribution in [0.15, 0.2) is 23.9 Å². The molecule has 1 rings (SSSR count). The Bertz CT molecular complexity index is 399. The van der Waals surface area contributed by atoms with E-state index in [4.69, 9.17) is 9.57 Å². The maximum Gasteiger partial charge on any atom is 0.310 e. The topological polar surface area (TPSA) is 55.8 Å². The van der Waals surface area contributed by atoms with Gasteiger partial charge in [-0.15, -0.1) is 0 Å². The molecule has 0 N–H and O–H groups in total. The Kier molecular flexibility index (Phi) is 6.45. The van der Waals surface area contributed by atoms with Crippen LogP contribution >= 0.6 is 0 Å². The molecule has 0 aromatic rings. The first kappa shape index (κ1) is 16.4. The lowest BCUT2D eigenvalue weighted by Gasteiger charge is -2.28. The zero-order chi connectivity index (χ0) is 15.1. The minimum Gasteiger partial charge on any atom is -0.433 e. The molecule has 5 heteroatoms. The summed E-state index contributed by atoms with van der Waals surface area (Å²) >= 11 is 0. The second-order valence-electron chi connectivity index (χ2n) is 5.35. The van der Waals surface area contributed by atoms with Crippen molar-refractivity contribution in [1.29, 1.82) is 0 Å². The van der Waals surface area contributed by atoms with Gasteiger partial charge in [0, 0.05) is 5.92 Å². The minimum atomic E-state index is -0.786. The van der Waals surface area contributed by atoms with Crippen LogP contribution in [0.1, 0.15) is 40.5 Å². The van der Waals surface area contributed by atoms with Crippen LogP contribution in [0.25, 0.3) is 0 Å². The van der Waals surface area contributed by atoms with Crippen molar-refractivity contribution in [3.05, 3.63) is 23.9 Å². The molecular weight excluding hydrogens is 258 g/mol. The normalized spacial score (nSPS) is 16.0. The lowest BCUT2D eigenvalue weighted by molar-refractivity contribution is -0.259. The number of nitrogens with zero attached hydrogens (tertiary/aromatic N) is 1. The van der Waals surface area contributed by atoms with Crippen LogP contribution < -0.4 is 0 Å². The zero-order valence-corrected chi connectivity index (χ0v) is 12.5. The number of amides is 1. The molecular formula is C15H23NO4. The van der Waals surface area contributed by atoms with Gasteiger partial charge in [-0.3, -0.25) is 9.59 Å². The Morgan fingerprint density at radius 3 is 2.45 bits per heavy atom. The first-order valence-electron chi connectivity index (χ1n) is 6.94. The van der Waals surface area contributed by atoms with Gasteiger partial charge < -0.3 is 4.74 Å². The molecule has 0 radical (unpaired) electrons. The van der Waals surface area contributed by atoms with E-state index in [1.165, 1.54) is 0 Å². The smallest absolute Gasteiger partial charge is 0.310 e. The van der Waals surface area contributed by atoms with Crippen LogP contribution in [0.3, 0.4) is 0 Å². The molecule has 0 unspecified atom stereocenters. The summed E-state index contributed by atoms with van der Waals surface area (Å²) in [5.74, 6) is -0.644. The molecule has 0 spiro atoms. The second kappa shape index (κ2) is 7.85. The van der Waals surface area contributed by atoms with E-state index < -0.39 is 6.29 Å². The lowest BCUT2D eigenvalue weighted by Crippen LogP contribution is -2.35. The Labute approximate surface area is 120 Å². The van der Waals surface area contributed by atoms with Crippen LogP contribution in [-0.2, 0) is 19.2 Å². The molecule has 0 fully saturated rings. The van der Waals surface area contributed by atoms with Crippen LogP contribution in [0.2, 0.25) is 0 Å². The number of hydrogen-bond donors (Lipinski definition) is 0. The fourth-order valence-electron chi connectivity index (χ4n) is 1.55. The summed E-state index contributed by atoms with van der Waals surface area (Å²) in [5.41, 5.74) is 0.664. The van der Waals surface area contributed by atoms with E-state index in [0.29, 0.717) is 12.1 Å². The Morgan fingerprint density at radius 2 is 2.00 bits per heavy atom. The van der Waals surface area contributed by atoms with Crippen molar-refractivity contribution < 1.29 is 19.2 Å². The Balaban J connectivity index is 2.72. The monoisotopic (exact) mass is 281 g/mol. The van der Waals surface area contributed by atoms with Crippen LogP contribution in [0, 0.1) is 11.8 Å². The van der Waals surface area contributed by atoms with Gasteiger partial charge in [-0.25, -0.2) is 4.84 Å². The molecule has 1 aliphatic rings. The molecule has 0 saturated carbocycles. The molecule has 0 heterocycles. The van der Waals surface area contributed by atoms with Gasteiger partial charge in [-0.2, -0.15) is 5.06 Å². The SMILES string of the molecule is CC(C)C(=O)O[C@H](ON(C=O)C1=CCCC=C1)C(C)C. The summed E-state index contributed by atoms with van der Waals surface area (Å²) in [7, 11) is 0. The molecule has 0 aromatic heterocycles. The second-order valence-corrected chi connectivity index (χ2v) is 5.35. The average Bonchev–Trinajstić information content (AvgIpc) is 2.43. The van der Waals surface area contributed by atoms with E-state index in [9.17, 15) is 9.59 Å². The number of esters is 1. The highest BCUT2D eigenvalue weighted by Gasteiger charge is 2.24. The fourth-order valence-corrected chi connectivity index (χ4v) is 1.55. The van der Waals surface area contributed by atoms with Gasteiger partial charge in [0.25, 0.3) is 0 Å². The molecule has 1 atom stereocenters. The summed E-state index contributed by atoms with van der Waals surface area (Å²) in [6, 6.07) is 0. The fraction of sp³-hybridized carbons (Fsp3) is 0.600. The van der Waals surface area contributed by atoms with E-state index >= 15 is 0 Å². The van der Waals surface area contributed by atoms with Gasteiger partial charge in [0.1, 0.15) is 0 Å². The molecule has 0 saturated heterocycles. The standard InChI is InChI=1S/C15H23NO4/c1-11(2)14(18)19-15(12(3)4)20-16(10-17)13-8-6-5-7-9-13/h6,8-12,15H,5,7H2,1-4H3/t15-/m1/s1. The predicted molar refractivity (Wildman–Crippen MR) is 75.0 cm³/mol. The molecule has 0 aliphatic heterocycles. The zero-order valence-electron chi connectivity index (χ0n) is 12.5. The number of carbonyl (C=O) groups excluding carboxylic acids is 2. The quantitative estimate of drug-likeness (QED) is 0.312. The van der Waals surface area contributed by atoms with E-state index in [1.807, 2.05) is 32.1 Å². The Hall–Kier alpha value is -1.62. The largest absolute Gasteiger partial charge is 0.433 e. The highest BCUT2D eigenvalue weighted by Crippen LogP contribution is 2.18. The highest BCUT2D eigenvalue weighted by atomic mass is 16.8. The first-order valence-corrected chi connectivity index (χ1v) is 6.94. The van der Waals surface area contributed by atoms with E-state index in [-0.39, 0.29) is 17.8 Å². The molecule has 5 nitrogen and oxygen atoms in total. The van der Waals surface area contributed by atoms with Crippen LogP contribution in [0.4, 0.5) is 0 Å². The van der Waals surface area contributed by atoms with Crippen LogP contribution in [0.5, 0.6) is 0 Å². The summed E-state index contributed by atoms with van der Waals surface area (Å²) in [6.07, 6.45) is 7.31. The van der Waals surface area contributed by atoms with E-state index in [2.05, 4.69) is 0 Å². The van der Waals surface area contributed by atoms with Crippen molar-refractivity contribution in [3.63, 3.8) is 0 Å². The lowest BCUT2D eigenvalue weighted by atomic mass is 10.1. The van der Waals surface area contributed by atoms with E-state index in [0.717, 1.165) is 17.9 Å². The summed E-state index contributed by atoms with van der Waals surface area (Å²) < 4.78 is 5.28. The molecule has 0 bridgehead atoms. The number of allylic oxidation sites excluding steroid dienone is 3. The Morgan fingerprint density at radius 1 is 1.30 bits per heavy atom. The average molecular weight is 281 g/mol. The molecule has 112 valence electrons. The van der Waals surface area contributed by atoms with Crippen molar-refractivity contribution in [2.75, 3.05) is 0 Å². The van der Waals surface area contributed by atoms with Gasteiger partial charge in [-0.1, -0.05) is 39.8 Å². The predicted octanol–water partition coefficient (Wildman–Crippen LogP) is 2.79. The number of ether oxygens (including phenoxy) is 1. The third kappa shape index (κ3) is 4.81. The molecule has 1 amide bonds. The maximum absolute atomic E-state index is 11.7. The third-order valence-corrected chi connectivity index (χ3v) is 2.79. The number of hydroxylamine groups is 2. The summed E-state index contributed by atoms with van der Waals surface area (Å²) in [5, 5.41) is 1.12. The highest BCUT2D eigenvalue weighted by molar-refractivity contribution is 5.71. The van der Waals surface area contributed by atoms with Crippen molar-refractivity contribution in [2.45, 2.75) is 46.8 Å². The third-order valence-electron chi connectivity index (χ3n) is 2.79. The molecule has 20 heavy (non-hydrogen) atoms. The number of carbonyl (C=O) groups is 2. The van der Waals surface area contributed by atoms with Crippen molar-refractivity contribution >= 4 is 12.4 Å². The molecule has 0 aromatic carbocycles. The van der Waals surface area contributed by atoms with Crippen molar-refractivity contribution in [1.82, 2.24) is 5.06 Å². The van der Waals surface area contributed by atoms with Gasteiger partial charge >= 0.3 is 5.97 Å². The first-order chi connectivity index (χ1) is 9.45. The summed E-state index contributed by atoms with van der Waals surface area (Å²) in [6.45, 7) is 7.24. The van der Waals surface area contributed by atoms with Gasteiger partial charge in [-0.05, 0) is 18.9 Å². The summed E-state index contributed by atoms with van der Waals surface area (Å²) in [4.78, 5) is 28.4. The van der Waals surface area contributed by atoms with Gasteiger partial charge in [0.05, 0.1) is 11.6 Å². The molecule has 1 aliphatic carbocycles. The van der Waals surface area contributed by atoms with Gasteiger partial charge in [0.15, 0.2) is 0 Å². The van der Waals surface area contributed by atoms with Gasteiger partial charge in [0.2, 0.25) is 12.7 Å². The number of hydrogen-bond acceptors (Lipinski definition) is 4.